The smallest absolute Gasteiger partial charge is 0.131 e. The molecule has 0 amide bonds. The molecule has 0 bridgehead atoms. The zero-order valence-corrected chi connectivity index (χ0v) is 14.1. The zero-order valence-electron chi connectivity index (χ0n) is 13.3. The third kappa shape index (κ3) is 2.99. The first kappa shape index (κ1) is 15.4. The molecule has 0 saturated heterocycles. The van der Waals surface area contributed by atoms with E-state index in [-0.39, 0.29) is 0 Å². The summed E-state index contributed by atoms with van der Waals surface area (Å²) in [5.41, 5.74) is 2.50. The fraction of sp³-hybridized carbons (Fsp3) is 0.368. The quantitative estimate of drug-likeness (QED) is 0.763. The maximum absolute atomic E-state index is 6.25. The Kier molecular flexibility index (Phi) is 4.42. The summed E-state index contributed by atoms with van der Waals surface area (Å²) >= 11 is 6.25. The summed E-state index contributed by atoms with van der Waals surface area (Å²) in [6.07, 6.45) is 1.08. The van der Waals surface area contributed by atoms with Gasteiger partial charge in [0.1, 0.15) is 11.5 Å². The van der Waals surface area contributed by atoms with Gasteiger partial charge in [0.25, 0.3) is 0 Å². The fourth-order valence-electron chi connectivity index (χ4n) is 3.26. The number of para-hydroxylation sites is 1. The molecule has 3 heteroatoms. The molecule has 1 aliphatic rings. The number of halogens is 1. The van der Waals surface area contributed by atoms with Crippen molar-refractivity contribution in [2.45, 2.75) is 25.2 Å². The molecular weight excluding hydrogens is 294 g/mol. The SMILES string of the molecule is C[C@H]1c2ccccc2Oc2ccc(Cl)cc2[C@@H]1CCN(C)C. The Hall–Kier alpha value is -1.51. The molecule has 0 aromatic heterocycles. The molecule has 116 valence electrons. The van der Waals surface area contributed by atoms with Crippen LogP contribution in [0.2, 0.25) is 5.02 Å². The van der Waals surface area contributed by atoms with Crippen LogP contribution in [0.3, 0.4) is 0 Å². The fourth-order valence-corrected chi connectivity index (χ4v) is 3.44. The summed E-state index contributed by atoms with van der Waals surface area (Å²) in [7, 11) is 4.23. The molecule has 0 aliphatic carbocycles. The Balaban J connectivity index is 2.08. The van der Waals surface area contributed by atoms with E-state index in [1.165, 1.54) is 11.1 Å². The highest BCUT2D eigenvalue weighted by atomic mass is 35.5. The molecule has 0 fully saturated rings. The van der Waals surface area contributed by atoms with Crippen molar-refractivity contribution in [3.05, 3.63) is 58.6 Å². The third-order valence-corrected chi connectivity index (χ3v) is 4.73. The van der Waals surface area contributed by atoms with Crippen LogP contribution in [-0.4, -0.2) is 25.5 Å². The lowest BCUT2D eigenvalue weighted by atomic mass is 9.80. The number of hydrogen-bond acceptors (Lipinski definition) is 2. The van der Waals surface area contributed by atoms with E-state index < -0.39 is 0 Å². The van der Waals surface area contributed by atoms with Crippen LogP contribution in [0, 0.1) is 0 Å². The number of benzene rings is 2. The van der Waals surface area contributed by atoms with Gasteiger partial charge >= 0.3 is 0 Å². The Bertz CT molecular complexity index is 668. The van der Waals surface area contributed by atoms with Crippen LogP contribution < -0.4 is 4.74 Å². The first-order chi connectivity index (χ1) is 10.6. The van der Waals surface area contributed by atoms with Gasteiger partial charge in [-0.25, -0.2) is 0 Å². The molecule has 1 heterocycles. The molecule has 22 heavy (non-hydrogen) atoms. The van der Waals surface area contributed by atoms with Crippen LogP contribution in [0.5, 0.6) is 11.5 Å². The molecular formula is C19H22ClNO. The second-order valence-corrected chi connectivity index (χ2v) is 6.75. The Morgan fingerprint density at radius 2 is 1.77 bits per heavy atom. The molecule has 2 nitrogen and oxygen atoms in total. The van der Waals surface area contributed by atoms with Gasteiger partial charge < -0.3 is 9.64 Å². The molecule has 0 saturated carbocycles. The molecule has 2 atom stereocenters. The minimum absolute atomic E-state index is 0.399. The van der Waals surface area contributed by atoms with Crippen LogP contribution in [0.4, 0.5) is 0 Å². The van der Waals surface area contributed by atoms with Crippen molar-refractivity contribution in [3.8, 4) is 11.5 Å². The standard InChI is InChI=1S/C19H22ClNO/c1-13-15(10-11-21(2)3)17-12-14(20)8-9-19(17)22-18-7-5-4-6-16(13)18/h4-9,12-13,15H,10-11H2,1-3H3/t13-,15-/m1/s1. The van der Waals surface area contributed by atoms with Crippen molar-refractivity contribution < 1.29 is 4.74 Å². The lowest BCUT2D eigenvalue weighted by Gasteiger charge is -2.25. The molecule has 1 aliphatic heterocycles. The van der Waals surface area contributed by atoms with Crippen LogP contribution in [0.25, 0.3) is 0 Å². The second kappa shape index (κ2) is 6.31. The minimum atomic E-state index is 0.399. The van der Waals surface area contributed by atoms with Gasteiger partial charge in [-0.15, -0.1) is 0 Å². The van der Waals surface area contributed by atoms with Gasteiger partial charge in [0, 0.05) is 5.02 Å². The van der Waals surface area contributed by atoms with Gasteiger partial charge in [0.15, 0.2) is 0 Å². The van der Waals surface area contributed by atoms with Crippen molar-refractivity contribution in [1.82, 2.24) is 4.90 Å². The number of ether oxygens (including phenoxy) is 1. The number of rotatable bonds is 3. The van der Waals surface area contributed by atoms with Crippen molar-refractivity contribution >= 4 is 11.6 Å². The number of hydrogen-bond donors (Lipinski definition) is 0. The monoisotopic (exact) mass is 315 g/mol. The van der Waals surface area contributed by atoms with Gasteiger partial charge in [-0.3, -0.25) is 0 Å². The molecule has 0 unspecified atom stereocenters. The lowest BCUT2D eigenvalue weighted by molar-refractivity contribution is 0.368. The number of fused-ring (bicyclic) bond motifs is 2. The van der Waals surface area contributed by atoms with Gasteiger partial charge in [0.2, 0.25) is 0 Å². The second-order valence-electron chi connectivity index (χ2n) is 6.31. The predicted octanol–water partition coefficient (Wildman–Crippen LogP) is 5.28. The van der Waals surface area contributed by atoms with E-state index in [4.69, 9.17) is 16.3 Å². The highest BCUT2D eigenvalue weighted by Crippen LogP contribution is 2.47. The lowest BCUT2D eigenvalue weighted by Crippen LogP contribution is -2.18. The maximum atomic E-state index is 6.25. The Morgan fingerprint density at radius 3 is 2.55 bits per heavy atom. The summed E-state index contributed by atoms with van der Waals surface area (Å²) in [6, 6.07) is 14.3. The van der Waals surface area contributed by atoms with Crippen LogP contribution in [0.1, 0.15) is 36.3 Å². The van der Waals surface area contributed by atoms with Crippen molar-refractivity contribution in [2.75, 3.05) is 20.6 Å². The molecule has 0 spiro atoms. The van der Waals surface area contributed by atoms with Crippen LogP contribution >= 0.6 is 11.6 Å². The summed E-state index contributed by atoms with van der Waals surface area (Å²) in [5, 5.41) is 0.773. The molecule has 3 rings (SSSR count). The van der Waals surface area contributed by atoms with E-state index in [1.807, 2.05) is 18.2 Å². The van der Waals surface area contributed by atoms with Gasteiger partial charge in [0.05, 0.1) is 0 Å². The molecule has 0 N–H and O–H groups in total. The van der Waals surface area contributed by atoms with E-state index in [0.29, 0.717) is 11.8 Å². The Morgan fingerprint density at radius 1 is 1.05 bits per heavy atom. The summed E-state index contributed by atoms with van der Waals surface area (Å²) < 4.78 is 6.19. The van der Waals surface area contributed by atoms with Gasteiger partial charge in [-0.2, -0.15) is 0 Å². The summed E-state index contributed by atoms with van der Waals surface area (Å²) in [6.45, 7) is 3.33. The Labute approximate surface area is 137 Å². The van der Waals surface area contributed by atoms with Gasteiger partial charge in [-0.05, 0) is 74.3 Å². The van der Waals surface area contributed by atoms with Crippen LogP contribution in [-0.2, 0) is 0 Å². The maximum Gasteiger partial charge on any atom is 0.131 e. The highest BCUT2D eigenvalue weighted by molar-refractivity contribution is 6.30. The average molecular weight is 316 g/mol. The summed E-state index contributed by atoms with van der Waals surface area (Å²) in [4.78, 5) is 2.23. The zero-order chi connectivity index (χ0) is 15.7. The minimum Gasteiger partial charge on any atom is -0.457 e. The summed E-state index contributed by atoms with van der Waals surface area (Å²) in [5.74, 6) is 2.70. The van der Waals surface area contributed by atoms with E-state index in [2.05, 4.69) is 50.2 Å². The van der Waals surface area contributed by atoms with Crippen LogP contribution in [0.15, 0.2) is 42.5 Å². The van der Waals surface area contributed by atoms with E-state index in [0.717, 1.165) is 29.5 Å². The van der Waals surface area contributed by atoms with Crippen molar-refractivity contribution in [2.24, 2.45) is 0 Å². The number of nitrogens with zero attached hydrogens (tertiary/aromatic N) is 1. The normalized spacial score (nSPS) is 20.0. The highest BCUT2D eigenvalue weighted by Gasteiger charge is 2.29. The third-order valence-electron chi connectivity index (χ3n) is 4.49. The van der Waals surface area contributed by atoms with Gasteiger partial charge in [-0.1, -0.05) is 36.7 Å². The van der Waals surface area contributed by atoms with E-state index in [9.17, 15) is 0 Å². The topological polar surface area (TPSA) is 12.5 Å². The van der Waals surface area contributed by atoms with E-state index >= 15 is 0 Å². The predicted molar refractivity (Wildman–Crippen MR) is 92.3 cm³/mol. The first-order valence-corrected chi connectivity index (χ1v) is 8.15. The molecule has 2 aromatic rings. The average Bonchev–Trinajstić information content (AvgIpc) is 2.60. The van der Waals surface area contributed by atoms with Crippen molar-refractivity contribution in [3.63, 3.8) is 0 Å². The van der Waals surface area contributed by atoms with Crippen molar-refractivity contribution in [1.29, 1.82) is 0 Å². The van der Waals surface area contributed by atoms with E-state index in [1.54, 1.807) is 0 Å². The molecule has 2 aromatic carbocycles. The largest absolute Gasteiger partial charge is 0.457 e. The first-order valence-electron chi connectivity index (χ1n) is 7.77. The molecule has 0 radical (unpaired) electrons.